The van der Waals surface area contributed by atoms with E-state index in [0.29, 0.717) is 24.2 Å². The predicted octanol–water partition coefficient (Wildman–Crippen LogP) is 3.58. The minimum Gasteiger partial charge on any atom is -0.492 e. The Morgan fingerprint density at radius 3 is 2.79 bits per heavy atom. The first-order chi connectivity index (χ1) is 13.6. The summed E-state index contributed by atoms with van der Waals surface area (Å²) in [6, 6.07) is 8.56. The van der Waals surface area contributed by atoms with Gasteiger partial charge in [0.1, 0.15) is 11.9 Å². The number of halogens is 2. The number of rotatable bonds is 5. The van der Waals surface area contributed by atoms with Crippen molar-refractivity contribution in [2.75, 3.05) is 23.9 Å². The zero-order chi connectivity index (χ0) is 19.7. The molecule has 0 bridgehead atoms. The molecule has 2 heterocycles. The van der Waals surface area contributed by atoms with Crippen molar-refractivity contribution in [2.45, 2.75) is 12.5 Å². The molecule has 1 amide bonds. The molecule has 28 heavy (non-hydrogen) atoms. The minimum absolute atomic E-state index is 0.0457. The third-order valence-electron chi connectivity index (χ3n) is 4.78. The average Bonchev–Trinajstić information content (AvgIpc) is 3.33. The number of aromatic nitrogens is 2. The van der Waals surface area contributed by atoms with Crippen LogP contribution in [-0.4, -0.2) is 35.8 Å². The molecule has 1 fully saturated rings. The molecule has 3 aromatic rings. The third kappa shape index (κ3) is 3.17. The van der Waals surface area contributed by atoms with Gasteiger partial charge in [0.25, 0.3) is 0 Å². The number of anilines is 2. The van der Waals surface area contributed by atoms with Crippen LogP contribution in [0.5, 0.6) is 5.75 Å². The first kappa shape index (κ1) is 18.0. The van der Waals surface area contributed by atoms with Gasteiger partial charge >= 0.3 is 0 Å². The average molecular weight is 384 g/mol. The number of carbonyl (C=O) groups is 1. The first-order valence-corrected chi connectivity index (χ1v) is 8.77. The fourth-order valence-corrected chi connectivity index (χ4v) is 3.38. The second-order valence-electron chi connectivity index (χ2n) is 6.45. The Labute approximate surface area is 160 Å². The van der Waals surface area contributed by atoms with Crippen LogP contribution in [0.15, 0.2) is 48.8 Å². The molecule has 1 aromatic heterocycles. The molecule has 0 radical (unpaired) electrons. The largest absolute Gasteiger partial charge is 0.492 e. The quantitative estimate of drug-likeness (QED) is 0.706. The molecule has 1 unspecified atom stereocenters. The van der Waals surface area contributed by atoms with Crippen molar-refractivity contribution in [1.29, 1.82) is 0 Å². The third-order valence-corrected chi connectivity index (χ3v) is 4.78. The maximum absolute atomic E-state index is 14.7. The van der Waals surface area contributed by atoms with E-state index < -0.39 is 17.7 Å². The summed E-state index contributed by atoms with van der Waals surface area (Å²) in [5, 5.41) is 9.55. The summed E-state index contributed by atoms with van der Waals surface area (Å²) < 4.78 is 33.6. The lowest BCUT2D eigenvalue weighted by Gasteiger charge is -2.19. The summed E-state index contributed by atoms with van der Waals surface area (Å²) in [4.78, 5) is 14.2. The number of H-pyrrole nitrogens is 1. The van der Waals surface area contributed by atoms with Crippen molar-refractivity contribution in [3.05, 3.63) is 60.4 Å². The number of carbonyl (C=O) groups excluding carboxylic acids is 1. The van der Waals surface area contributed by atoms with E-state index in [1.807, 2.05) is 0 Å². The van der Waals surface area contributed by atoms with Gasteiger partial charge in [0.2, 0.25) is 5.91 Å². The van der Waals surface area contributed by atoms with Gasteiger partial charge in [0, 0.05) is 18.3 Å². The van der Waals surface area contributed by atoms with Gasteiger partial charge in [-0.2, -0.15) is 5.10 Å². The van der Waals surface area contributed by atoms with Crippen molar-refractivity contribution in [3.63, 3.8) is 0 Å². The van der Waals surface area contributed by atoms with E-state index in [9.17, 15) is 13.6 Å². The van der Waals surface area contributed by atoms with E-state index in [4.69, 9.17) is 4.74 Å². The molecule has 0 saturated carbocycles. The first-order valence-electron chi connectivity index (χ1n) is 8.77. The molecule has 1 atom stereocenters. The Morgan fingerprint density at radius 2 is 2.07 bits per heavy atom. The number of methoxy groups -OCH3 is 1. The van der Waals surface area contributed by atoms with Crippen molar-refractivity contribution in [3.8, 4) is 16.9 Å². The predicted molar refractivity (Wildman–Crippen MR) is 101 cm³/mol. The summed E-state index contributed by atoms with van der Waals surface area (Å²) in [6.07, 6.45) is 3.73. The second kappa shape index (κ2) is 7.30. The standard InChI is InChI=1S/C20H18F2N4O2/c1-28-19-14(21)3-2-4-16(19)25-17-7-8-26(20(17)27)18-6-5-12(9-15(18)22)13-10-23-24-11-13/h2-6,9-11,17,25H,7-8H2,1H3,(H,23,24). The fourth-order valence-electron chi connectivity index (χ4n) is 3.38. The highest BCUT2D eigenvalue weighted by molar-refractivity contribution is 6.01. The van der Waals surface area contributed by atoms with Gasteiger partial charge in [0.15, 0.2) is 11.6 Å². The van der Waals surface area contributed by atoms with Crippen LogP contribution in [0.3, 0.4) is 0 Å². The molecule has 2 aromatic carbocycles. The highest BCUT2D eigenvalue weighted by Crippen LogP contribution is 2.32. The number of ether oxygens (including phenoxy) is 1. The molecular formula is C20H18F2N4O2. The fraction of sp³-hybridized carbons (Fsp3) is 0.200. The molecule has 0 spiro atoms. The maximum Gasteiger partial charge on any atom is 0.249 e. The van der Waals surface area contributed by atoms with Gasteiger partial charge in [0.05, 0.1) is 24.7 Å². The molecular weight excluding hydrogens is 366 g/mol. The molecule has 144 valence electrons. The van der Waals surface area contributed by atoms with E-state index in [1.54, 1.807) is 30.6 Å². The van der Waals surface area contributed by atoms with Crippen LogP contribution >= 0.6 is 0 Å². The Hall–Kier alpha value is -3.42. The van der Waals surface area contributed by atoms with E-state index >= 15 is 0 Å². The van der Waals surface area contributed by atoms with Crippen LogP contribution < -0.4 is 15.0 Å². The van der Waals surface area contributed by atoms with Crippen LogP contribution in [-0.2, 0) is 4.79 Å². The summed E-state index contributed by atoms with van der Waals surface area (Å²) in [6.45, 7) is 0.357. The summed E-state index contributed by atoms with van der Waals surface area (Å²) in [5.41, 5.74) is 2.03. The topological polar surface area (TPSA) is 70.2 Å². The molecule has 4 rings (SSSR count). The molecule has 8 heteroatoms. The number of para-hydroxylation sites is 1. The van der Waals surface area contributed by atoms with Crippen molar-refractivity contribution in [1.82, 2.24) is 10.2 Å². The number of amides is 1. The van der Waals surface area contributed by atoms with E-state index in [-0.39, 0.29) is 17.3 Å². The van der Waals surface area contributed by atoms with Gasteiger partial charge in [-0.15, -0.1) is 0 Å². The van der Waals surface area contributed by atoms with Crippen LogP contribution in [0.4, 0.5) is 20.2 Å². The number of nitrogens with one attached hydrogen (secondary N) is 2. The van der Waals surface area contributed by atoms with Crippen LogP contribution in [0.2, 0.25) is 0 Å². The van der Waals surface area contributed by atoms with Crippen molar-refractivity contribution >= 4 is 17.3 Å². The molecule has 6 nitrogen and oxygen atoms in total. The minimum atomic E-state index is -0.594. The number of hydrogen-bond acceptors (Lipinski definition) is 4. The monoisotopic (exact) mass is 384 g/mol. The highest BCUT2D eigenvalue weighted by Gasteiger charge is 2.34. The van der Waals surface area contributed by atoms with E-state index in [1.165, 1.54) is 30.2 Å². The van der Waals surface area contributed by atoms with Gasteiger partial charge < -0.3 is 15.0 Å². The Balaban J connectivity index is 1.54. The van der Waals surface area contributed by atoms with E-state index in [0.717, 1.165) is 5.56 Å². The molecule has 1 aliphatic rings. The number of hydrogen-bond donors (Lipinski definition) is 2. The van der Waals surface area contributed by atoms with Gasteiger partial charge in [-0.25, -0.2) is 8.78 Å². The summed E-state index contributed by atoms with van der Waals surface area (Å²) >= 11 is 0. The molecule has 1 saturated heterocycles. The summed E-state index contributed by atoms with van der Waals surface area (Å²) in [5.74, 6) is -1.24. The number of benzene rings is 2. The van der Waals surface area contributed by atoms with Crippen LogP contribution in [0.1, 0.15) is 6.42 Å². The smallest absolute Gasteiger partial charge is 0.249 e. The SMILES string of the molecule is COc1c(F)cccc1NC1CCN(c2ccc(-c3cn[nH]c3)cc2F)C1=O. The van der Waals surface area contributed by atoms with Gasteiger partial charge in [-0.3, -0.25) is 9.89 Å². The van der Waals surface area contributed by atoms with Crippen LogP contribution in [0, 0.1) is 11.6 Å². The normalized spacial score (nSPS) is 16.5. The molecule has 2 N–H and O–H groups in total. The molecule has 0 aliphatic carbocycles. The second-order valence-corrected chi connectivity index (χ2v) is 6.45. The maximum atomic E-state index is 14.7. The lowest BCUT2D eigenvalue weighted by molar-refractivity contribution is -0.117. The summed E-state index contributed by atoms with van der Waals surface area (Å²) in [7, 11) is 1.36. The van der Waals surface area contributed by atoms with Gasteiger partial charge in [-0.1, -0.05) is 12.1 Å². The Bertz CT molecular complexity index is 1010. The lowest BCUT2D eigenvalue weighted by Crippen LogP contribution is -2.34. The van der Waals surface area contributed by atoms with Crippen molar-refractivity contribution in [2.24, 2.45) is 0 Å². The highest BCUT2D eigenvalue weighted by atomic mass is 19.1. The zero-order valence-corrected chi connectivity index (χ0v) is 15.1. The van der Waals surface area contributed by atoms with Crippen LogP contribution in [0.25, 0.3) is 11.1 Å². The lowest BCUT2D eigenvalue weighted by atomic mass is 10.1. The Kier molecular flexibility index (Phi) is 4.68. The van der Waals surface area contributed by atoms with E-state index in [2.05, 4.69) is 15.5 Å². The zero-order valence-electron chi connectivity index (χ0n) is 15.1. The van der Waals surface area contributed by atoms with Crippen molar-refractivity contribution < 1.29 is 18.3 Å². The molecule has 1 aliphatic heterocycles. The number of aromatic amines is 1. The number of nitrogens with zero attached hydrogens (tertiary/aromatic N) is 2. The Morgan fingerprint density at radius 1 is 1.21 bits per heavy atom. The van der Waals surface area contributed by atoms with Gasteiger partial charge in [-0.05, 0) is 36.2 Å².